The van der Waals surface area contributed by atoms with Crippen molar-refractivity contribution in [2.24, 2.45) is 0 Å². The molecule has 0 bridgehead atoms. The average molecular weight is 540 g/mol. The highest BCUT2D eigenvalue weighted by Crippen LogP contribution is 2.29. The van der Waals surface area contributed by atoms with Crippen molar-refractivity contribution in [3.8, 4) is 5.75 Å². The summed E-state index contributed by atoms with van der Waals surface area (Å²) in [7, 11) is 0. The predicted molar refractivity (Wildman–Crippen MR) is 104 cm³/mol. The van der Waals surface area contributed by atoms with Crippen LogP contribution in [0, 0.1) is 7.14 Å². The number of nitrogens with one attached hydrogen (secondary N) is 1. The molecule has 2 N–H and O–H groups in total. The highest BCUT2D eigenvalue weighted by atomic mass is 127. The smallest absolute Gasteiger partial charge is 0.265 e. The molecule has 0 spiro atoms. The van der Waals surface area contributed by atoms with E-state index in [0.29, 0.717) is 9.13 Å². The van der Waals surface area contributed by atoms with Crippen molar-refractivity contribution in [3.05, 3.63) is 43.1 Å². The summed E-state index contributed by atoms with van der Waals surface area (Å²) in [6.45, 7) is 3.76. The van der Waals surface area contributed by atoms with Crippen LogP contribution in [0.4, 0.5) is 0 Å². The van der Waals surface area contributed by atoms with E-state index in [2.05, 4.69) is 34.5 Å². The summed E-state index contributed by atoms with van der Waals surface area (Å²) in [6, 6.07) is 3.48. The first-order chi connectivity index (χ1) is 10.3. The molecule has 0 saturated carbocycles. The molecule has 2 rings (SSSR count). The van der Waals surface area contributed by atoms with Crippen LogP contribution >= 0.6 is 57.4 Å². The van der Waals surface area contributed by atoms with E-state index in [1.54, 1.807) is 12.1 Å². The van der Waals surface area contributed by atoms with Crippen molar-refractivity contribution in [1.29, 1.82) is 0 Å². The lowest BCUT2D eigenvalue weighted by molar-refractivity contribution is -0.128. The molecule has 1 saturated heterocycles. The number of benzene rings is 1. The van der Waals surface area contributed by atoms with Crippen LogP contribution in [0.5, 0.6) is 5.75 Å². The van der Waals surface area contributed by atoms with Crippen LogP contribution < -0.4 is 5.32 Å². The number of hydrogen-bond donors (Lipinski definition) is 2. The van der Waals surface area contributed by atoms with Gasteiger partial charge >= 0.3 is 0 Å². The van der Waals surface area contributed by atoms with Crippen LogP contribution in [0.25, 0.3) is 6.08 Å². The second kappa shape index (κ2) is 7.04. The van der Waals surface area contributed by atoms with Crippen LogP contribution in [0.2, 0.25) is 0 Å². The number of amides is 2. The van der Waals surface area contributed by atoms with E-state index in [0.717, 1.165) is 3.57 Å². The number of carbonyl (C=O) groups excluding carboxylic acids is 2. The van der Waals surface area contributed by atoms with Gasteiger partial charge in [-0.15, -0.1) is 6.58 Å². The summed E-state index contributed by atoms with van der Waals surface area (Å²) in [6.07, 6.45) is 2.89. The third-order valence-corrected chi connectivity index (χ3v) is 4.62. The second-order valence-electron chi connectivity index (χ2n) is 4.35. The van der Waals surface area contributed by atoms with E-state index < -0.39 is 11.8 Å². The van der Waals surface area contributed by atoms with Gasteiger partial charge in [0.05, 0.1) is 3.57 Å². The van der Waals surface area contributed by atoms with Gasteiger partial charge in [-0.25, -0.2) is 0 Å². The lowest BCUT2D eigenvalue weighted by Gasteiger charge is -2.27. The molecule has 0 aliphatic carbocycles. The number of carbonyl (C=O) groups is 2. The minimum atomic E-state index is -0.580. The first-order valence-electron chi connectivity index (χ1n) is 6.03. The number of hydrogen-bond acceptors (Lipinski definition) is 4. The van der Waals surface area contributed by atoms with Gasteiger partial charge in [0, 0.05) is 15.7 Å². The maximum atomic E-state index is 12.4. The molecule has 1 aromatic rings. The van der Waals surface area contributed by atoms with Gasteiger partial charge in [0.2, 0.25) is 0 Å². The van der Waals surface area contributed by atoms with Crippen LogP contribution in [0.15, 0.2) is 30.4 Å². The molecule has 114 valence electrons. The number of phenols is 1. The van der Waals surface area contributed by atoms with Crippen molar-refractivity contribution in [3.63, 3.8) is 0 Å². The SMILES string of the molecule is C=CCN1C(=O)/C(=C/c2cc(I)cc(I)c2O)C(=O)NC1=S. The Kier molecular flexibility index (Phi) is 5.55. The van der Waals surface area contributed by atoms with E-state index >= 15 is 0 Å². The summed E-state index contributed by atoms with van der Waals surface area (Å²) in [5, 5.41) is 12.6. The van der Waals surface area contributed by atoms with E-state index in [1.165, 1.54) is 17.1 Å². The van der Waals surface area contributed by atoms with Gasteiger partial charge in [-0.05, 0) is 75.6 Å². The lowest BCUT2D eigenvalue weighted by Crippen LogP contribution is -2.53. The van der Waals surface area contributed by atoms with Gasteiger partial charge in [-0.2, -0.15) is 0 Å². The number of phenolic OH excluding ortho intramolecular Hbond substituents is 1. The van der Waals surface area contributed by atoms with Crippen molar-refractivity contribution in [2.75, 3.05) is 6.54 Å². The van der Waals surface area contributed by atoms with Gasteiger partial charge in [0.25, 0.3) is 11.8 Å². The molecule has 0 unspecified atom stereocenters. The molecule has 1 aromatic carbocycles. The largest absolute Gasteiger partial charge is 0.506 e. The Morgan fingerprint density at radius 3 is 2.68 bits per heavy atom. The Balaban J connectivity index is 2.50. The van der Waals surface area contributed by atoms with Crippen LogP contribution in [-0.4, -0.2) is 33.5 Å². The fourth-order valence-electron chi connectivity index (χ4n) is 1.84. The molecular weight excluding hydrogens is 530 g/mol. The lowest BCUT2D eigenvalue weighted by atomic mass is 10.1. The third kappa shape index (κ3) is 3.49. The Morgan fingerprint density at radius 2 is 2.05 bits per heavy atom. The van der Waals surface area contributed by atoms with E-state index in [-0.39, 0.29) is 23.0 Å². The molecule has 1 fully saturated rings. The van der Waals surface area contributed by atoms with Crippen LogP contribution in [0.3, 0.4) is 0 Å². The highest BCUT2D eigenvalue weighted by Gasteiger charge is 2.32. The number of halogens is 2. The molecule has 1 aliphatic heterocycles. The Morgan fingerprint density at radius 1 is 1.36 bits per heavy atom. The summed E-state index contributed by atoms with van der Waals surface area (Å²) in [5.41, 5.74) is 0.324. The highest BCUT2D eigenvalue weighted by molar-refractivity contribution is 14.1. The van der Waals surface area contributed by atoms with Crippen molar-refractivity contribution in [2.45, 2.75) is 0 Å². The minimum absolute atomic E-state index is 0.0255. The van der Waals surface area contributed by atoms with Gasteiger partial charge in [0.15, 0.2) is 5.11 Å². The zero-order valence-corrected chi connectivity index (χ0v) is 16.2. The Hall–Kier alpha value is -1.01. The van der Waals surface area contributed by atoms with Crippen LogP contribution in [-0.2, 0) is 9.59 Å². The maximum Gasteiger partial charge on any atom is 0.265 e. The molecule has 5 nitrogen and oxygen atoms in total. The standard InChI is InChI=1S/C14H10I2N2O3S/c1-2-3-18-13(21)9(12(20)17-14(18)22)5-7-4-8(15)6-10(16)11(7)19/h2,4-6,19H,1,3H2,(H,17,20,22)/b9-5+. The molecule has 0 radical (unpaired) electrons. The van der Waals surface area contributed by atoms with Gasteiger partial charge in [-0.1, -0.05) is 6.08 Å². The van der Waals surface area contributed by atoms with Crippen molar-refractivity contribution < 1.29 is 14.7 Å². The first kappa shape index (κ1) is 17.3. The first-order valence-corrected chi connectivity index (χ1v) is 8.59. The van der Waals surface area contributed by atoms with Gasteiger partial charge in [0.1, 0.15) is 11.3 Å². The van der Waals surface area contributed by atoms with E-state index in [9.17, 15) is 14.7 Å². The maximum absolute atomic E-state index is 12.4. The molecular formula is C14H10I2N2O3S. The minimum Gasteiger partial charge on any atom is -0.506 e. The van der Waals surface area contributed by atoms with E-state index in [4.69, 9.17) is 12.2 Å². The van der Waals surface area contributed by atoms with Gasteiger partial charge in [-0.3, -0.25) is 19.8 Å². The monoisotopic (exact) mass is 540 g/mol. The third-order valence-electron chi connectivity index (χ3n) is 2.85. The second-order valence-corrected chi connectivity index (χ2v) is 7.14. The number of rotatable bonds is 3. The molecule has 22 heavy (non-hydrogen) atoms. The van der Waals surface area contributed by atoms with Crippen LogP contribution in [0.1, 0.15) is 5.56 Å². The average Bonchev–Trinajstić information content (AvgIpc) is 2.44. The Labute approximate surface area is 159 Å². The zero-order valence-electron chi connectivity index (χ0n) is 11.1. The molecule has 1 aliphatic rings. The normalized spacial score (nSPS) is 16.9. The summed E-state index contributed by atoms with van der Waals surface area (Å²) in [4.78, 5) is 25.7. The zero-order chi connectivity index (χ0) is 16.4. The van der Waals surface area contributed by atoms with Gasteiger partial charge < -0.3 is 5.11 Å². The number of thiocarbonyl (C=S) groups is 1. The molecule has 2 amide bonds. The fraction of sp³-hybridized carbons (Fsp3) is 0.0714. The topological polar surface area (TPSA) is 69.6 Å². The predicted octanol–water partition coefficient (Wildman–Crippen LogP) is 2.41. The molecule has 0 atom stereocenters. The quantitative estimate of drug-likeness (QED) is 0.203. The summed E-state index contributed by atoms with van der Waals surface area (Å²) < 4.78 is 1.52. The number of nitrogens with zero attached hydrogens (tertiary/aromatic N) is 1. The molecule has 1 heterocycles. The molecule has 0 aromatic heterocycles. The number of aromatic hydroxyl groups is 1. The van der Waals surface area contributed by atoms with E-state index in [1.807, 2.05) is 22.6 Å². The summed E-state index contributed by atoms with van der Waals surface area (Å²) in [5.74, 6) is -1.07. The Bertz CT molecular complexity index is 731. The molecule has 8 heteroatoms. The van der Waals surface area contributed by atoms with Crippen molar-refractivity contribution >= 4 is 80.4 Å². The van der Waals surface area contributed by atoms with Crippen molar-refractivity contribution in [1.82, 2.24) is 10.2 Å². The fourth-order valence-corrected chi connectivity index (χ4v) is 3.98. The summed E-state index contributed by atoms with van der Waals surface area (Å²) >= 11 is 9.06.